The minimum atomic E-state index is -0.748. The van der Waals surface area contributed by atoms with E-state index in [2.05, 4.69) is 25.9 Å². The van der Waals surface area contributed by atoms with Crippen LogP contribution in [0.2, 0.25) is 0 Å². The average molecular weight is 484 g/mol. The average Bonchev–Trinajstić information content (AvgIpc) is 3.44. The molecule has 0 saturated carbocycles. The topological polar surface area (TPSA) is 198 Å². The van der Waals surface area contributed by atoms with E-state index in [0.29, 0.717) is 19.6 Å². The molecule has 0 bridgehead atoms. The van der Waals surface area contributed by atoms with Gasteiger partial charge in [-0.1, -0.05) is 9.97 Å². The highest BCUT2D eigenvalue weighted by atomic mass is 16.6. The number of aromatic nitrogens is 4. The molecule has 190 valence electrons. The fourth-order valence-corrected chi connectivity index (χ4v) is 3.32. The van der Waals surface area contributed by atoms with Gasteiger partial charge in [-0.3, -0.25) is 0 Å². The van der Waals surface area contributed by atoms with E-state index in [9.17, 15) is 30.4 Å². The van der Waals surface area contributed by atoms with Crippen LogP contribution in [0, 0.1) is 20.2 Å². The Morgan fingerprint density at radius 1 is 0.765 bits per heavy atom. The van der Waals surface area contributed by atoms with E-state index in [0.717, 1.165) is 38.9 Å². The standard InChI is InChI=1S/C19H33N9O6/c29-16(14-25-10-8-23-18(25)27(31)32)12-21-5-2-1-4-20-6-3-7-22-13-17(30)15-26-11-9-24-19(26)28(33)34/h8-11,16-17,20-22,29-30H,1-7,12-15H2. The first-order valence-corrected chi connectivity index (χ1v) is 11.2. The van der Waals surface area contributed by atoms with E-state index in [-0.39, 0.29) is 25.0 Å². The lowest BCUT2D eigenvalue weighted by atomic mass is 10.3. The second-order valence-electron chi connectivity index (χ2n) is 7.80. The Morgan fingerprint density at radius 3 is 1.65 bits per heavy atom. The Morgan fingerprint density at radius 2 is 1.18 bits per heavy atom. The third kappa shape index (κ3) is 9.88. The first kappa shape index (κ1) is 27.3. The highest BCUT2D eigenvalue weighted by Gasteiger charge is 2.18. The molecule has 2 aromatic heterocycles. The van der Waals surface area contributed by atoms with Gasteiger partial charge in [0, 0.05) is 13.1 Å². The van der Waals surface area contributed by atoms with Gasteiger partial charge in [0.2, 0.25) is 0 Å². The van der Waals surface area contributed by atoms with E-state index in [1.807, 2.05) is 0 Å². The first-order valence-electron chi connectivity index (χ1n) is 11.2. The number of aliphatic hydroxyl groups is 2. The maximum Gasteiger partial charge on any atom is 0.434 e. The summed E-state index contributed by atoms with van der Waals surface area (Å²) in [7, 11) is 0. The molecule has 2 heterocycles. The van der Waals surface area contributed by atoms with Crippen LogP contribution in [-0.2, 0) is 13.1 Å². The van der Waals surface area contributed by atoms with Crippen LogP contribution in [0.15, 0.2) is 24.8 Å². The molecular formula is C19H33N9O6. The van der Waals surface area contributed by atoms with Crippen molar-refractivity contribution in [1.82, 2.24) is 35.1 Å². The normalized spacial score (nSPS) is 13.1. The van der Waals surface area contributed by atoms with E-state index < -0.39 is 22.1 Å². The SMILES string of the molecule is O=[N+]([O-])c1nccn1CC(O)CNCCCCNCCCNCC(O)Cn1ccnc1[N+](=O)[O-]. The van der Waals surface area contributed by atoms with Crippen molar-refractivity contribution in [1.29, 1.82) is 0 Å². The van der Waals surface area contributed by atoms with Gasteiger partial charge in [-0.25, -0.2) is 9.13 Å². The Labute approximate surface area is 196 Å². The summed E-state index contributed by atoms with van der Waals surface area (Å²) in [5, 5.41) is 51.2. The van der Waals surface area contributed by atoms with Crippen molar-refractivity contribution in [3.05, 3.63) is 45.0 Å². The number of nitro groups is 2. The largest absolute Gasteiger partial charge is 0.434 e. The van der Waals surface area contributed by atoms with Crippen LogP contribution >= 0.6 is 0 Å². The van der Waals surface area contributed by atoms with E-state index in [1.165, 1.54) is 33.9 Å². The molecule has 0 spiro atoms. The maximum atomic E-state index is 10.8. The van der Waals surface area contributed by atoms with Gasteiger partial charge in [-0.15, -0.1) is 0 Å². The van der Waals surface area contributed by atoms with Gasteiger partial charge in [-0.05, 0) is 55.3 Å². The molecule has 0 radical (unpaired) electrons. The number of aliphatic hydroxyl groups excluding tert-OH is 2. The highest BCUT2D eigenvalue weighted by Crippen LogP contribution is 2.09. The molecule has 2 rings (SSSR count). The molecule has 0 aromatic carbocycles. The van der Waals surface area contributed by atoms with E-state index in [4.69, 9.17) is 0 Å². The van der Waals surface area contributed by atoms with Gasteiger partial charge in [0.05, 0.1) is 25.3 Å². The quantitative estimate of drug-likeness (QED) is 0.0957. The molecule has 15 nitrogen and oxygen atoms in total. The monoisotopic (exact) mass is 483 g/mol. The third-order valence-corrected chi connectivity index (χ3v) is 4.95. The number of nitrogens with zero attached hydrogens (tertiary/aromatic N) is 6. The van der Waals surface area contributed by atoms with Crippen molar-refractivity contribution in [3.63, 3.8) is 0 Å². The minimum absolute atomic E-state index is 0.107. The van der Waals surface area contributed by atoms with Crippen LogP contribution < -0.4 is 16.0 Å². The zero-order chi connectivity index (χ0) is 24.8. The van der Waals surface area contributed by atoms with E-state index >= 15 is 0 Å². The molecule has 15 heteroatoms. The fourth-order valence-electron chi connectivity index (χ4n) is 3.32. The van der Waals surface area contributed by atoms with Crippen molar-refractivity contribution in [3.8, 4) is 0 Å². The first-order chi connectivity index (χ1) is 16.4. The Bertz CT molecular complexity index is 804. The Balaban J connectivity index is 1.39. The van der Waals surface area contributed by atoms with Crippen molar-refractivity contribution in [2.24, 2.45) is 0 Å². The summed E-state index contributed by atoms with van der Waals surface area (Å²) in [6.45, 7) is 4.03. The second kappa shape index (κ2) is 15.0. The smallest absolute Gasteiger partial charge is 0.390 e. The second-order valence-corrected chi connectivity index (χ2v) is 7.80. The van der Waals surface area contributed by atoms with Crippen molar-refractivity contribution in [2.45, 2.75) is 44.6 Å². The number of unbranched alkanes of at least 4 members (excludes halogenated alkanes) is 1. The predicted octanol–water partition coefficient (Wildman–Crippen LogP) is -0.743. The molecule has 0 aliphatic heterocycles. The molecular weight excluding hydrogens is 450 g/mol. The summed E-state index contributed by atoms with van der Waals surface area (Å²) < 4.78 is 2.63. The van der Waals surface area contributed by atoms with Gasteiger partial charge in [-0.2, -0.15) is 0 Å². The summed E-state index contributed by atoms with van der Waals surface area (Å²) in [6, 6.07) is 0. The molecule has 0 amide bonds. The summed E-state index contributed by atoms with van der Waals surface area (Å²) in [5.41, 5.74) is 0. The van der Waals surface area contributed by atoms with Gasteiger partial charge >= 0.3 is 11.9 Å². The Kier molecular flexibility index (Phi) is 12.0. The molecule has 2 unspecified atom stereocenters. The number of hydrogen-bond acceptors (Lipinski definition) is 11. The molecule has 0 fully saturated rings. The lowest BCUT2D eigenvalue weighted by Gasteiger charge is -2.12. The molecule has 0 aliphatic rings. The van der Waals surface area contributed by atoms with Crippen LogP contribution in [0.5, 0.6) is 0 Å². The predicted molar refractivity (Wildman–Crippen MR) is 122 cm³/mol. The molecule has 2 aromatic rings. The third-order valence-electron chi connectivity index (χ3n) is 4.95. The summed E-state index contributed by atoms with van der Waals surface area (Å²) in [5.74, 6) is -0.562. The zero-order valence-electron chi connectivity index (χ0n) is 19.0. The molecule has 0 aliphatic carbocycles. The lowest BCUT2D eigenvalue weighted by Crippen LogP contribution is -2.32. The highest BCUT2D eigenvalue weighted by molar-refractivity contribution is 5.07. The molecule has 34 heavy (non-hydrogen) atoms. The van der Waals surface area contributed by atoms with Crippen molar-refractivity contribution in [2.75, 3.05) is 39.3 Å². The van der Waals surface area contributed by atoms with Crippen LogP contribution in [0.25, 0.3) is 0 Å². The van der Waals surface area contributed by atoms with Gasteiger partial charge in [0.15, 0.2) is 0 Å². The van der Waals surface area contributed by atoms with E-state index in [1.54, 1.807) is 0 Å². The van der Waals surface area contributed by atoms with Gasteiger partial charge in [0.25, 0.3) is 0 Å². The maximum absolute atomic E-state index is 10.8. The summed E-state index contributed by atoms with van der Waals surface area (Å²) >= 11 is 0. The van der Waals surface area contributed by atoms with Crippen LogP contribution in [0.1, 0.15) is 19.3 Å². The van der Waals surface area contributed by atoms with Crippen LogP contribution in [0.3, 0.4) is 0 Å². The molecule has 5 N–H and O–H groups in total. The summed E-state index contributed by atoms with van der Waals surface area (Å²) in [6.07, 6.45) is 6.89. The van der Waals surface area contributed by atoms with Crippen molar-refractivity contribution < 1.29 is 20.1 Å². The number of rotatable bonds is 19. The van der Waals surface area contributed by atoms with Gasteiger partial charge < -0.3 is 46.4 Å². The molecule has 0 saturated heterocycles. The van der Waals surface area contributed by atoms with Crippen LogP contribution in [0.4, 0.5) is 11.9 Å². The lowest BCUT2D eigenvalue weighted by molar-refractivity contribution is -0.397. The van der Waals surface area contributed by atoms with Crippen LogP contribution in [-0.4, -0.2) is 90.6 Å². The number of hydrogen-bond donors (Lipinski definition) is 5. The molecule has 2 atom stereocenters. The minimum Gasteiger partial charge on any atom is -0.390 e. The fraction of sp³-hybridized carbons (Fsp3) is 0.684. The number of imidazole rings is 2. The van der Waals surface area contributed by atoms with Crippen molar-refractivity contribution >= 4 is 11.9 Å². The number of nitrogens with one attached hydrogen (secondary N) is 3. The van der Waals surface area contributed by atoms with Gasteiger partial charge in [0.1, 0.15) is 24.8 Å². The zero-order valence-corrected chi connectivity index (χ0v) is 19.0. The Hall–Kier alpha value is -2.98. The summed E-state index contributed by atoms with van der Waals surface area (Å²) in [4.78, 5) is 27.8.